The Labute approximate surface area is 185 Å². The quantitative estimate of drug-likeness (QED) is 0.408. The number of carbonyl (C=O) groups excluding carboxylic acids is 2. The Bertz CT molecular complexity index is 1170. The molecule has 1 heterocycles. The van der Waals surface area contributed by atoms with Gasteiger partial charge in [0.05, 0.1) is 12.3 Å². The van der Waals surface area contributed by atoms with E-state index in [0.717, 1.165) is 16.1 Å². The molecule has 0 spiro atoms. The van der Waals surface area contributed by atoms with Gasteiger partial charge in [-0.1, -0.05) is 67.4 Å². The molecule has 4 aromatic rings. The van der Waals surface area contributed by atoms with Crippen molar-refractivity contribution in [3.63, 3.8) is 0 Å². The number of imide groups is 1. The fourth-order valence-electron chi connectivity index (χ4n) is 3.06. The van der Waals surface area contributed by atoms with E-state index in [-0.39, 0.29) is 5.76 Å². The highest BCUT2D eigenvalue weighted by molar-refractivity contribution is 7.82. The molecule has 1 aromatic heterocycles. The molecule has 0 bridgehead atoms. The molecule has 0 radical (unpaired) electrons. The van der Waals surface area contributed by atoms with Gasteiger partial charge >= 0.3 is 6.03 Å². The molecule has 0 aliphatic rings. The number of furan rings is 1. The summed E-state index contributed by atoms with van der Waals surface area (Å²) >= 11 is 4.23. The van der Waals surface area contributed by atoms with Gasteiger partial charge in [-0.3, -0.25) is 10.1 Å². The lowest BCUT2D eigenvalue weighted by atomic mass is 10.2. The van der Waals surface area contributed by atoms with E-state index in [1.54, 1.807) is 36.4 Å². The minimum Gasteiger partial charge on any atom is -0.493 e. The summed E-state index contributed by atoms with van der Waals surface area (Å²) < 4.78 is 12.3. The molecule has 156 valence electrons. The Hall–Kier alpha value is -3.71. The zero-order valence-electron chi connectivity index (χ0n) is 16.5. The molecule has 0 saturated heterocycles. The number of fused-ring (bicyclic) bond motifs is 1. The molecule has 0 fully saturated rings. The largest absolute Gasteiger partial charge is 0.493 e. The molecule has 4 rings (SSSR count). The smallest absolute Gasteiger partial charge is 0.338 e. The van der Waals surface area contributed by atoms with Crippen LogP contribution in [0, 0.1) is 0 Å². The second-order valence-corrected chi connectivity index (χ2v) is 7.20. The number of carbonyl (C=O) groups is 2. The van der Waals surface area contributed by atoms with Gasteiger partial charge in [0.2, 0.25) is 0 Å². The van der Waals surface area contributed by atoms with Crippen molar-refractivity contribution in [2.24, 2.45) is 0 Å². The van der Waals surface area contributed by atoms with Crippen molar-refractivity contribution < 1.29 is 18.7 Å². The van der Waals surface area contributed by atoms with E-state index in [9.17, 15) is 9.59 Å². The molecule has 31 heavy (non-hydrogen) atoms. The summed E-state index contributed by atoms with van der Waals surface area (Å²) in [5, 5.41) is 3.06. The monoisotopic (exact) mass is 432 g/mol. The van der Waals surface area contributed by atoms with Gasteiger partial charge in [-0.05, 0) is 29.8 Å². The van der Waals surface area contributed by atoms with Crippen LogP contribution in [0.25, 0.3) is 11.0 Å². The van der Waals surface area contributed by atoms with Crippen LogP contribution in [-0.4, -0.2) is 18.5 Å². The van der Waals surface area contributed by atoms with E-state index >= 15 is 0 Å². The third-order valence-electron chi connectivity index (χ3n) is 4.63. The summed E-state index contributed by atoms with van der Waals surface area (Å²) in [5.74, 6) is 0.00804. The number of rotatable bonds is 6. The van der Waals surface area contributed by atoms with Crippen LogP contribution >= 0.6 is 12.8 Å². The van der Waals surface area contributed by atoms with Gasteiger partial charge in [0.25, 0.3) is 5.91 Å². The zero-order chi connectivity index (χ0) is 21.6. The van der Waals surface area contributed by atoms with Gasteiger partial charge in [-0.2, -0.15) is 0 Å². The lowest BCUT2D eigenvalue weighted by Crippen LogP contribution is -2.38. The molecule has 0 aliphatic carbocycles. The molecular formula is C24H20N2O4S. The Balaban J connectivity index is 1.36. The Morgan fingerprint density at radius 2 is 1.71 bits per heavy atom. The molecule has 0 aliphatic heterocycles. The summed E-state index contributed by atoms with van der Waals surface area (Å²) in [7, 11) is 0. The van der Waals surface area contributed by atoms with Crippen LogP contribution in [0.3, 0.4) is 0 Å². The highest BCUT2D eigenvalue weighted by Crippen LogP contribution is 2.23. The van der Waals surface area contributed by atoms with Crippen LogP contribution in [0.5, 0.6) is 5.75 Å². The van der Waals surface area contributed by atoms with Gasteiger partial charge in [-0.15, -0.1) is 0 Å². The molecule has 0 saturated carbocycles. The maximum Gasteiger partial charge on any atom is 0.338 e. The second-order valence-electron chi connectivity index (χ2n) is 6.80. The number of amides is 3. The highest BCUT2D eigenvalue weighted by Gasteiger charge is 2.19. The van der Waals surface area contributed by atoms with Crippen molar-refractivity contribution in [2.45, 2.75) is 6.42 Å². The third-order valence-corrected chi connectivity index (χ3v) is 5.04. The Morgan fingerprint density at radius 3 is 2.52 bits per heavy atom. The first-order chi connectivity index (χ1) is 15.1. The summed E-state index contributed by atoms with van der Waals surface area (Å²) in [6.45, 7) is 0.497. The molecule has 6 nitrogen and oxygen atoms in total. The Kier molecular flexibility index (Phi) is 6.24. The SMILES string of the molecule is O=C(NC(=O)N(S)c1cccc(OCCc2ccccc2)c1)c1cc2ccccc2o1. The van der Waals surface area contributed by atoms with Crippen LogP contribution in [-0.2, 0) is 6.42 Å². The number of anilines is 1. The molecule has 3 aromatic carbocycles. The van der Waals surface area contributed by atoms with Crippen LogP contribution in [0.4, 0.5) is 10.5 Å². The maximum absolute atomic E-state index is 12.5. The van der Waals surface area contributed by atoms with Crippen LogP contribution in [0.15, 0.2) is 89.3 Å². The van der Waals surface area contributed by atoms with Gasteiger partial charge in [0.15, 0.2) is 5.76 Å². The molecule has 7 heteroatoms. The molecule has 3 amide bonds. The van der Waals surface area contributed by atoms with Crippen molar-refractivity contribution >= 4 is 41.4 Å². The predicted molar refractivity (Wildman–Crippen MR) is 123 cm³/mol. The van der Waals surface area contributed by atoms with Crippen LogP contribution in [0.1, 0.15) is 16.1 Å². The fraction of sp³-hybridized carbons (Fsp3) is 0.0833. The van der Waals surface area contributed by atoms with E-state index < -0.39 is 11.9 Å². The number of hydrogen-bond donors (Lipinski definition) is 2. The van der Waals surface area contributed by atoms with E-state index in [1.165, 1.54) is 5.56 Å². The number of ether oxygens (including phenoxy) is 1. The first-order valence-electron chi connectivity index (χ1n) is 9.70. The summed E-state index contributed by atoms with van der Waals surface area (Å²) in [6.07, 6.45) is 0.766. The number of thiol groups is 1. The van der Waals surface area contributed by atoms with Crippen molar-refractivity contribution in [1.29, 1.82) is 0 Å². The highest BCUT2D eigenvalue weighted by atomic mass is 32.1. The molecule has 0 atom stereocenters. The number of nitrogens with one attached hydrogen (secondary N) is 1. The van der Waals surface area contributed by atoms with E-state index in [4.69, 9.17) is 9.15 Å². The van der Waals surface area contributed by atoms with Gasteiger partial charge < -0.3 is 9.15 Å². The van der Waals surface area contributed by atoms with Crippen LogP contribution in [0.2, 0.25) is 0 Å². The van der Waals surface area contributed by atoms with Crippen molar-refractivity contribution in [2.75, 3.05) is 10.9 Å². The average Bonchev–Trinajstić information content (AvgIpc) is 3.24. The average molecular weight is 433 g/mol. The number of urea groups is 1. The van der Waals surface area contributed by atoms with Crippen molar-refractivity contribution in [3.05, 3.63) is 96.3 Å². The first kappa shape index (κ1) is 20.6. The summed E-state index contributed by atoms with van der Waals surface area (Å²) in [6, 6.07) is 25.1. The van der Waals surface area contributed by atoms with Gasteiger partial charge in [0.1, 0.15) is 11.3 Å². The second kappa shape index (κ2) is 9.40. The molecular weight excluding hydrogens is 412 g/mol. The third kappa shape index (κ3) is 5.07. The maximum atomic E-state index is 12.5. The lowest BCUT2D eigenvalue weighted by molar-refractivity contribution is 0.0941. The number of para-hydroxylation sites is 1. The van der Waals surface area contributed by atoms with E-state index in [1.807, 2.05) is 48.5 Å². The first-order valence-corrected chi connectivity index (χ1v) is 10.1. The molecule has 1 N–H and O–H groups in total. The van der Waals surface area contributed by atoms with Crippen molar-refractivity contribution in [3.8, 4) is 5.75 Å². The standard InChI is InChI=1S/C24H20N2O4S/c27-23(22-15-18-9-4-5-12-21(18)30-22)25-24(28)26(31)19-10-6-11-20(16-19)29-14-13-17-7-2-1-3-8-17/h1-12,15-16,31H,13-14H2,(H,25,27,28). The normalized spacial score (nSPS) is 10.6. The zero-order valence-corrected chi connectivity index (χ0v) is 17.4. The van der Waals surface area contributed by atoms with Gasteiger partial charge in [0, 0.05) is 17.9 Å². The fourth-order valence-corrected chi connectivity index (χ4v) is 3.23. The predicted octanol–water partition coefficient (Wildman–Crippen LogP) is 5.26. The van der Waals surface area contributed by atoms with Crippen LogP contribution < -0.4 is 14.4 Å². The number of benzene rings is 3. The number of hydrogen-bond acceptors (Lipinski definition) is 5. The minimum absolute atomic E-state index is 0.0503. The summed E-state index contributed by atoms with van der Waals surface area (Å²) in [4.78, 5) is 24.9. The van der Waals surface area contributed by atoms with Crippen molar-refractivity contribution in [1.82, 2.24) is 5.32 Å². The Morgan fingerprint density at radius 1 is 0.935 bits per heavy atom. The molecule has 0 unspecified atom stereocenters. The van der Waals surface area contributed by atoms with Gasteiger partial charge in [-0.25, -0.2) is 9.10 Å². The van der Waals surface area contributed by atoms with E-state index in [0.29, 0.717) is 23.6 Å². The lowest BCUT2D eigenvalue weighted by Gasteiger charge is -2.16. The van der Waals surface area contributed by atoms with E-state index in [2.05, 4.69) is 18.1 Å². The number of nitrogens with zero attached hydrogens (tertiary/aromatic N) is 1. The summed E-state index contributed by atoms with van der Waals surface area (Å²) in [5.41, 5.74) is 2.22. The topological polar surface area (TPSA) is 71.8 Å². The minimum atomic E-state index is -0.699.